The third-order valence-electron chi connectivity index (χ3n) is 4.66. The highest BCUT2D eigenvalue weighted by atomic mass is 79.9. The fourth-order valence-electron chi connectivity index (χ4n) is 3.08. The first-order valence-electron chi connectivity index (χ1n) is 9.46. The quantitative estimate of drug-likeness (QED) is 0.335. The second-order valence-corrected chi connectivity index (χ2v) is 9.13. The average Bonchev–Trinajstić information content (AvgIpc) is 3.02. The summed E-state index contributed by atoms with van der Waals surface area (Å²) in [6.45, 7) is 0.537. The van der Waals surface area contributed by atoms with E-state index < -0.39 is 0 Å². The lowest BCUT2D eigenvalue weighted by Crippen LogP contribution is -2.27. The highest BCUT2D eigenvalue weighted by molar-refractivity contribution is 9.10. The van der Waals surface area contributed by atoms with Gasteiger partial charge in [0.25, 0.3) is 11.1 Å². The van der Waals surface area contributed by atoms with Gasteiger partial charge in [-0.05, 0) is 47.7 Å². The Morgan fingerprint density at radius 3 is 2.52 bits per heavy atom. The molecule has 2 amide bonds. The van der Waals surface area contributed by atoms with E-state index in [1.807, 2.05) is 72.8 Å². The van der Waals surface area contributed by atoms with Crippen molar-refractivity contribution in [1.29, 1.82) is 0 Å². The first-order chi connectivity index (χ1) is 15.0. The second kappa shape index (κ2) is 9.73. The monoisotopic (exact) mass is 513 g/mol. The van der Waals surface area contributed by atoms with Crippen LogP contribution in [0.25, 0.3) is 6.08 Å². The van der Waals surface area contributed by atoms with Crippen LogP contribution in [-0.2, 0) is 17.9 Å². The smallest absolute Gasteiger partial charge is 0.293 e. The SMILES string of the molecule is O=C1S/C(=C\c2cc(Br)ccc2OCc2ccccc2Cl)C(=O)N1Cc1ccccc1. The zero-order valence-corrected chi connectivity index (χ0v) is 19.4. The van der Waals surface area contributed by atoms with Crippen molar-refractivity contribution in [2.45, 2.75) is 13.2 Å². The molecule has 1 heterocycles. The highest BCUT2D eigenvalue weighted by Gasteiger charge is 2.35. The molecule has 1 aliphatic rings. The van der Waals surface area contributed by atoms with E-state index >= 15 is 0 Å². The molecule has 4 nitrogen and oxygen atoms in total. The summed E-state index contributed by atoms with van der Waals surface area (Å²) in [5, 5.41) is 0.344. The van der Waals surface area contributed by atoms with Gasteiger partial charge in [0.2, 0.25) is 0 Å². The van der Waals surface area contributed by atoms with Crippen molar-refractivity contribution in [1.82, 2.24) is 4.90 Å². The Morgan fingerprint density at radius 2 is 1.74 bits per heavy atom. The van der Waals surface area contributed by atoms with Crippen molar-refractivity contribution >= 4 is 56.5 Å². The zero-order valence-electron chi connectivity index (χ0n) is 16.3. The molecule has 0 unspecified atom stereocenters. The zero-order chi connectivity index (χ0) is 21.8. The van der Waals surface area contributed by atoms with Crippen molar-refractivity contribution in [3.8, 4) is 5.75 Å². The van der Waals surface area contributed by atoms with Crippen LogP contribution in [0, 0.1) is 0 Å². The number of hydrogen-bond donors (Lipinski definition) is 0. The van der Waals surface area contributed by atoms with Crippen LogP contribution in [0.2, 0.25) is 5.02 Å². The molecule has 1 saturated heterocycles. The van der Waals surface area contributed by atoms with Gasteiger partial charge in [0.1, 0.15) is 12.4 Å². The Kier molecular flexibility index (Phi) is 6.80. The van der Waals surface area contributed by atoms with E-state index in [9.17, 15) is 9.59 Å². The van der Waals surface area contributed by atoms with Gasteiger partial charge in [0.15, 0.2) is 0 Å². The van der Waals surface area contributed by atoms with Crippen LogP contribution >= 0.6 is 39.3 Å². The molecule has 0 atom stereocenters. The minimum atomic E-state index is -0.309. The van der Waals surface area contributed by atoms with Crippen LogP contribution in [0.4, 0.5) is 4.79 Å². The third-order valence-corrected chi connectivity index (χ3v) is 6.43. The predicted octanol–water partition coefficient (Wildman–Crippen LogP) is 6.92. The van der Waals surface area contributed by atoms with Gasteiger partial charge in [-0.2, -0.15) is 0 Å². The summed E-state index contributed by atoms with van der Waals surface area (Å²) in [6, 6.07) is 22.5. The summed E-state index contributed by atoms with van der Waals surface area (Å²) in [4.78, 5) is 27.0. The Bertz CT molecular complexity index is 1170. The topological polar surface area (TPSA) is 46.6 Å². The Hall–Kier alpha value is -2.54. The maximum absolute atomic E-state index is 12.9. The van der Waals surface area contributed by atoms with Crippen molar-refractivity contribution in [3.05, 3.63) is 104 Å². The molecule has 31 heavy (non-hydrogen) atoms. The summed E-state index contributed by atoms with van der Waals surface area (Å²) >= 11 is 10.6. The van der Waals surface area contributed by atoms with Crippen LogP contribution in [0.15, 0.2) is 82.2 Å². The third kappa shape index (κ3) is 5.21. The number of halogens is 2. The molecule has 1 fully saturated rings. The largest absolute Gasteiger partial charge is 0.488 e. The lowest BCUT2D eigenvalue weighted by molar-refractivity contribution is -0.123. The van der Waals surface area contributed by atoms with E-state index in [0.717, 1.165) is 27.4 Å². The van der Waals surface area contributed by atoms with E-state index in [0.29, 0.717) is 21.2 Å². The van der Waals surface area contributed by atoms with Crippen LogP contribution < -0.4 is 4.74 Å². The summed E-state index contributed by atoms with van der Waals surface area (Å²) in [6.07, 6.45) is 1.70. The molecular formula is C24H17BrClNO3S. The maximum atomic E-state index is 12.9. The molecule has 7 heteroatoms. The van der Waals surface area contributed by atoms with Crippen molar-refractivity contribution < 1.29 is 14.3 Å². The predicted molar refractivity (Wildman–Crippen MR) is 128 cm³/mol. The van der Waals surface area contributed by atoms with Gasteiger partial charge in [0, 0.05) is 20.6 Å². The molecule has 0 spiro atoms. The fourth-order valence-corrected chi connectivity index (χ4v) is 4.48. The van der Waals surface area contributed by atoms with Gasteiger partial charge < -0.3 is 4.74 Å². The lowest BCUT2D eigenvalue weighted by atomic mass is 10.1. The van der Waals surface area contributed by atoms with E-state index in [1.54, 1.807) is 6.08 Å². The van der Waals surface area contributed by atoms with Gasteiger partial charge in [0.05, 0.1) is 11.4 Å². The molecular weight excluding hydrogens is 498 g/mol. The van der Waals surface area contributed by atoms with Gasteiger partial charge in [-0.3, -0.25) is 14.5 Å². The van der Waals surface area contributed by atoms with E-state index in [4.69, 9.17) is 16.3 Å². The molecule has 0 aromatic heterocycles. The molecule has 0 radical (unpaired) electrons. The van der Waals surface area contributed by atoms with Crippen LogP contribution in [-0.4, -0.2) is 16.0 Å². The lowest BCUT2D eigenvalue weighted by Gasteiger charge is -2.12. The van der Waals surface area contributed by atoms with E-state index in [2.05, 4.69) is 15.9 Å². The standard InChI is InChI=1S/C24H17BrClNO3S/c25-19-10-11-21(30-15-17-8-4-5-9-20(17)26)18(12-19)13-22-23(28)27(24(29)31-22)14-16-6-2-1-3-7-16/h1-13H,14-15H2/b22-13-. The first kappa shape index (κ1) is 21.7. The second-order valence-electron chi connectivity index (χ2n) is 6.82. The number of rotatable bonds is 6. The van der Waals surface area contributed by atoms with Crippen molar-refractivity contribution in [3.63, 3.8) is 0 Å². The van der Waals surface area contributed by atoms with Gasteiger partial charge in [-0.15, -0.1) is 0 Å². The van der Waals surface area contributed by atoms with Gasteiger partial charge >= 0.3 is 0 Å². The Balaban J connectivity index is 1.56. The molecule has 156 valence electrons. The number of carbonyl (C=O) groups is 2. The Morgan fingerprint density at radius 1 is 1.00 bits per heavy atom. The molecule has 0 aliphatic carbocycles. The maximum Gasteiger partial charge on any atom is 0.293 e. The number of thioether (sulfide) groups is 1. The van der Waals surface area contributed by atoms with Crippen LogP contribution in [0.5, 0.6) is 5.75 Å². The minimum Gasteiger partial charge on any atom is -0.488 e. The van der Waals surface area contributed by atoms with Crippen LogP contribution in [0.1, 0.15) is 16.7 Å². The normalized spacial score (nSPS) is 15.0. The molecule has 0 N–H and O–H groups in total. The number of benzene rings is 3. The molecule has 0 bridgehead atoms. The van der Waals surface area contributed by atoms with E-state index in [-0.39, 0.29) is 24.3 Å². The first-order valence-corrected chi connectivity index (χ1v) is 11.4. The van der Waals surface area contributed by atoms with Crippen LogP contribution in [0.3, 0.4) is 0 Å². The molecule has 1 aliphatic heterocycles. The average molecular weight is 515 g/mol. The number of amides is 2. The highest BCUT2D eigenvalue weighted by Crippen LogP contribution is 2.36. The van der Waals surface area contributed by atoms with Crippen molar-refractivity contribution in [2.24, 2.45) is 0 Å². The molecule has 4 rings (SSSR count). The van der Waals surface area contributed by atoms with E-state index in [1.165, 1.54) is 4.90 Å². The molecule has 3 aromatic carbocycles. The van der Waals surface area contributed by atoms with Gasteiger partial charge in [-0.1, -0.05) is 76.1 Å². The number of hydrogen-bond acceptors (Lipinski definition) is 4. The van der Waals surface area contributed by atoms with Gasteiger partial charge in [-0.25, -0.2) is 0 Å². The Labute approximate surface area is 198 Å². The number of carbonyl (C=O) groups excluding carboxylic acids is 2. The number of imide groups is 1. The summed E-state index contributed by atoms with van der Waals surface area (Å²) < 4.78 is 6.83. The minimum absolute atomic E-state index is 0.247. The van der Waals surface area contributed by atoms with Crippen molar-refractivity contribution in [2.75, 3.05) is 0 Å². The number of ether oxygens (including phenoxy) is 1. The molecule has 3 aromatic rings. The summed E-state index contributed by atoms with van der Waals surface area (Å²) in [5.41, 5.74) is 2.46. The fraction of sp³-hybridized carbons (Fsp3) is 0.0833. The number of nitrogens with zero attached hydrogens (tertiary/aromatic N) is 1. The molecule has 0 saturated carbocycles. The summed E-state index contributed by atoms with van der Waals surface area (Å²) in [5.74, 6) is 0.286. The summed E-state index contributed by atoms with van der Waals surface area (Å²) in [7, 11) is 0.